The van der Waals surface area contributed by atoms with E-state index >= 15 is 0 Å². The normalized spacial score (nSPS) is 13.0. The maximum Gasteiger partial charge on any atom is 0.335 e. The summed E-state index contributed by atoms with van der Waals surface area (Å²) in [6.07, 6.45) is 1.56. The Morgan fingerprint density at radius 1 is 1.30 bits per heavy atom. The van der Waals surface area contributed by atoms with Gasteiger partial charge in [-0.2, -0.15) is 0 Å². The highest BCUT2D eigenvalue weighted by Crippen LogP contribution is 2.09. The predicted molar refractivity (Wildman–Crippen MR) is 89.1 cm³/mol. The smallest absolute Gasteiger partial charge is 0.335 e. The van der Waals surface area contributed by atoms with Gasteiger partial charge in [0.25, 0.3) is 5.91 Å². The van der Waals surface area contributed by atoms with Crippen molar-refractivity contribution in [2.75, 3.05) is 13.2 Å². The Morgan fingerprint density at radius 3 is 2.65 bits per heavy atom. The van der Waals surface area contributed by atoms with Crippen molar-refractivity contribution in [3.63, 3.8) is 0 Å². The van der Waals surface area contributed by atoms with Crippen molar-refractivity contribution < 1.29 is 19.1 Å². The molecule has 1 rings (SSSR count). The van der Waals surface area contributed by atoms with Gasteiger partial charge in [0.15, 0.2) is 12.7 Å². The van der Waals surface area contributed by atoms with Gasteiger partial charge in [0.2, 0.25) is 0 Å². The quantitative estimate of drug-likeness (QED) is 0.560. The fraction of sp³-hybridized carbons (Fsp3) is 0.444. The highest BCUT2D eigenvalue weighted by atomic mass is 16.6. The summed E-state index contributed by atoms with van der Waals surface area (Å²) in [6.45, 7) is 8.98. The lowest BCUT2D eigenvalue weighted by atomic mass is 10.0. The molecule has 0 saturated carbocycles. The minimum atomic E-state index is -0.717. The van der Waals surface area contributed by atoms with E-state index in [0.717, 1.165) is 6.42 Å². The van der Waals surface area contributed by atoms with Gasteiger partial charge in [-0.15, -0.1) is 6.58 Å². The molecule has 0 radical (unpaired) electrons. The minimum absolute atomic E-state index is 0.0447. The van der Waals surface area contributed by atoms with E-state index in [0.29, 0.717) is 0 Å². The lowest BCUT2D eigenvalue weighted by Crippen LogP contribution is -2.38. The molecule has 0 fully saturated rings. The number of hydrogen-bond acceptors (Lipinski definition) is 4. The van der Waals surface area contributed by atoms with Gasteiger partial charge in [-0.05, 0) is 38.3 Å². The summed E-state index contributed by atoms with van der Waals surface area (Å²) in [6, 6.07) is 7.99. The van der Waals surface area contributed by atoms with E-state index in [1.807, 2.05) is 38.1 Å². The SMILES string of the molecule is C=CCOC(C)C(=O)OCC(=O)NC(C)Cc1ccccc1C. The zero-order valence-corrected chi connectivity index (χ0v) is 14.0. The van der Waals surface area contributed by atoms with E-state index in [4.69, 9.17) is 9.47 Å². The first kappa shape index (κ1) is 18.9. The Hall–Kier alpha value is -2.14. The van der Waals surface area contributed by atoms with Gasteiger partial charge in [0.1, 0.15) is 0 Å². The number of benzene rings is 1. The van der Waals surface area contributed by atoms with Crippen LogP contribution in [0.5, 0.6) is 0 Å². The Morgan fingerprint density at radius 2 is 2.00 bits per heavy atom. The third-order valence-corrected chi connectivity index (χ3v) is 3.34. The van der Waals surface area contributed by atoms with Gasteiger partial charge in [-0.1, -0.05) is 30.3 Å². The maximum atomic E-state index is 11.8. The van der Waals surface area contributed by atoms with Crippen molar-refractivity contribution in [1.82, 2.24) is 5.32 Å². The number of rotatable bonds is 9. The number of aryl methyl sites for hydroxylation is 1. The monoisotopic (exact) mass is 319 g/mol. The van der Waals surface area contributed by atoms with Crippen LogP contribution < -0.4 is 5.32 Å². The molecule has 2 atom stereocenters. The number of carbonyl (C=O) groups excluding carboxylic acids is 2. The third-order valence-electron chi connectivity index (χ3n) is 3.34. The lowest BCUT2D eigenvalue weighted by Gasteiger charge is -2.16. The highest BCUT2D eigenvalue weighted by molar-refractivity contribution is 5.82. The summed E-state index contributed by atoms with van der Waals surface area (Å²) in [5, 5.41) is 2.82. The molecule has 23 heavy (non-hydrogen) atoms. The van der Waals surface area contributed by atoms with Crippen molar-refractivity contribution >= 4 is 11.9 Å². The van der Waals surface area contributed by atoms with Gasteiger partial charge in [-0.25, -0.2) is 4.79 Å². The van der Waals surface area contributed by atoms with Crippen LogP contribution in [-0.2, 0) is 25.5 Å². The molecular weight excluding hydrogens is 294 g/mol. The van der Waals surface area contributed by atoms with Crippen molar-refractivity contribution in [2.45, 2.75) is 39.3 Å². The van der Waals surface area contributed by atoms with Crippen LogP contribution in [0.15, 0.2) is 36.9 Å². The standard InChI is InChI=1S/C18H25NO4/c1-5-10-22-15(4)18(21)23-12-17(20)19-14(3)11-16-9-7-6-8-13(16)2/h5-9,14-15H,1,10-12H2,2-4H3,(H,19,20). The molecule has 0 spiro atoms. The Bertz CT molecular complexity index is 542. The van der Waals surface area contributed by atoms with E-state index in [-0.39, 0.29) is 25.2 Å². The molecule has 126 valence electrons. The number of esters is 1. The summed E-state index contributed by atoms with van der Waals surface area (Å²) < 4.78 is 10.1. The van der Waals surface area contributed by atoms with E-state index in [9.17, 15) is 9.59 Å². The van der Waals surface area contributed by atoms with Crippen LogP contribution in [0, 0.1) is 6.92 Å². The second-order valence-electron chi connectivity index (χ2n) is 5.47. The van der Waals surface area contributed by atoms with Crippen LogP contribution in [0.25, 0.3) is 0 Å². The molecule has 0 heterocycles. The maximum absolute atomic E-state index is 11.8. The summed E-state index contributed by atoms with van der Waals surface area (Å²) in [5.74, 6) is -0.885. The lowest BCUT2D eigenvalue weighted by molar-refractivity contribution is -0.158. The van der Waals surface area contributed by atoms with E-state index in [1.165, 1.54) is 11.1 Å². The van der Waals surface area contributed by atoms with Crippen LogP contribution in [0.2, 0.25) is 0 Å². The molecule has 0 bridgehead atoms. The van der Waals surface area contributed by atoms with Crippen LogP contribution >= 0.6 is 0 Å². The molecule has 0 aliphatic carbocycles. The fourth-order valence-electron chi connectivity index (χ4n) is 2.07. The first-order valence-corrected chi connectivity index (χ1v) is 7.67. The van der Waals surface area contributed by atoms with Crippen LogP contribution in [0.4, 0.5) is 0 Å². The average molecular weight is 319 g/mol. The molecule has 5 heteroatoms. The Labute approximate surface area is 137 Å². The summed E-state index contributed by atoms with van der Waals surface area (Å²) in [5.41, 5.74) is 2.37. The second kappa shape index (κ2) is 9.79. The van der Waals surface area contributed by atoms with Gasteiger partial charge in [0.05, 0.1) is 6.61 Å². The van der Waals surface area contributed by atoms with E-state index in [1.54, 1.807) is 13.0 Å². The molecule has 0 aliphatic rings. The third kappa shape index (κ3) is 7.10. The molecule has 1 amide bonds. The summed E-state index contributed by atoms with van der Waals surface area (Å²) >= 11 is 0. The van der Waals surface area contributed by atoms with Crippen LogP contribution in [-0.4, -0.2) is 37.2 Å². The molecule has 1 N–H and O–H groups in total. The number of ether oxygens (including phenoxy) is 2. The van der Waals surface area contributed by atoms with Gasteiger partial charge >= 0.3 is 5.97 Å². The Kier molecular flexibility index (Phi) is 8.05. The van der Waals surface area contributed by atoms with Gasteiger partial charge in [0, 0.05) is 6.04 Å². The number of carbonyl (C=O) groups is 2. The molecule has 1 aromatic rings. The highest BCUT2D eigenvalue weighted by Gasteiger charge is 2.17. The molecule has 0 aromatic heterocycles. The fourth-order valence-corrected chi connectivity index (χ4v) is 2.07. The number of nitrogens with one attached hydrogen (secondary N) is 1. The molecular formula is C18H25NO4. The van der Waals surface area contributed by atoms with Crippen LogP contribution in [0.1, 0.15) is 25.0 Å². The van der Waals surface area contributed by atoms with Crippen LogP contribution in [0.3, 0.4) is 0 Å². The molecule has 2 unspecified atom stereocenters. The topological polar surface area (TPSA) is 64.6 Å². The minimum Gasteiger partial charge on any atom is -0.454 e. The second-order valence-corrected chi connectivity index (χ2v) is 5.47. The van der Waals surface area contributed by atoms with Crippen molar-refractivity contribution in [3.8, 4) is 0 Å². The zero-order chi connectivity index (χ0) is 17.2. The van der Waals surface area contributed by atoms with E-state index < -0.39 is 12.1 Å². The predicted octanol–water partition coefficient (Wildman–Crippen LogP) is 2.18. The van der Waals surface area contributed by atoms with Gasteiger partial charge < -0.3 is 14.8 Å². The molecule has 1 aromatic carbocycles. The summed E-state index contributed by atoms with van der Waals surface area (Å²) in [4.78, 5) is 23.4. The molecule has 5 nitrogen and oxygen atoms in total. The number of amides is 1. The van der Waals surface area contributed by atoms with Crippen molar-refractivity contribution in [1.29, 1.82) is 0 Å². The van der Waals surface area contributed by atoms with Crippen molar-refractivity contribution in [2.24, 2.45) is 0 Å². The average Bonchev–Trinajstić information content (AvgIpc) is 2.52. The Balaban J connectivity index is 2.34. The van der Waals surface area contributed by atoms with E-state index in [2.05, 4.69) is 11.9 Å². The molecule has 0 aliphatic heterocycles. The zero-order valence-electron chi connectivity index (χ0n) is 14.0. The summed E-state index contributed by atoms with van der Waals surface area (Å²) in [7, 11) is 0. The number of hydrogen-bond donors (Lipinski definition) is 1. The van der Waals surface area contributed by atoms with Crippen molar-refractivity contribution in [3.05, 3.63) is 48.0 Å². The largest absolute Gasteiger partial charge is 0.454 e. The first-order chi connectivity index (χ1) is 10.9. The molecule has 0 saturated heterocycles. The first-order valence-electron chi connectivity index (χ1n) is 7.67. The van der Waals surface area contributed by atoms with Gasteiger partial charge in [-0.3, -0.25) is 4.79 Å².